The molecule has 2 aromatic rings. The van der Waals surface area contributed by atoms with Crippen LogP contribution in [0.15, 0.2) is 54.6 Å². The van der Waals surface area contributed by atoms with Crippen molar-refractivity contribution in [2.24, 2.45) is 0 Å². The predicted octanol–water partition coefficient (Wildman–Crippen LogP) is 5.11. The zero-order valence-corrected chi connectivity index (χ0v) is 21.6. The first-order chi connectivity index (χ1) is 17.5. The van der Waals surface area contributed by atoms with Gasteiger partial charge in [0.05, 0.1) is 19.3 Å². The molecule has 36 heavy (non-hydrogen) atoms. The van der Waals surface area contributed by atoms with Crippen LogP contribution in [0.3, 0.4) is 0 Å². The number of unbranched alkanes of at least 4 members (excludes halogenated alkanes) is 3. The van der Waals surface area contributed by atoms with E-state index in [1.165, 1.54) is 0 Å². The Morgan fingerprint density at radius 3 is 2.25 bits per heavy atom. The van der Waals surface area contributed by atoms with Crippen molar-refractivity contribution in [1.82, 2.24) is 5.32 Å². The summed E-state index contributed by atoms with van der Waals surface area (Å²) in [6.07, 6.45) is 4.40. The molecule has 2 aromatic carbocycles. The molecule has 7 nitrogen and oxygen atoms in total. The fourth-order valence-corrected chi connectivity index (χ4v) is 3.84. The van der Waals surface area contributed by atoms with Gasteiger partial charge in [-0.1, -0.05) is 61.7 Å². The van der Waals surface area contributed by atoms with Crippen molar-refractivity contribution in [1.29, 1.82) is 0 Å². The molecule has 2 unspecified atom stereocenters. The van der Waals surface area contributed by atoms with E-state index >= 15 is 0 Å². The zero-order valence-electron chi connectivity index (χ0n) is 21.6. The Balaban J connectivity index is 1.71. The van der Waals surface area contributed by atoms with Crippen molar-refractivity contribution in [3.05, 3.63) is 65.7 Å². The number of carbonyl (C=O) groups is 2. The molecule has 0 fully saturated rings. The van der Waals surface area contributed by atoms with Crippen molar-refractivity contribution < 1.29 is 28.9 Å². The number of aliphatic hydroxyl groups excluding tert-OH is 1. The molecule has 198 valence electrons. The van der Waals surface area contributed by atoms with Crippen LogP contribution in [0.1, 0.15) is 76.0 Å². The summed E-state index contributed by atoms with van der Waals surface area (Å²) >= 11 is 0. The van der Waals surface area contributed by atoms with Crippen LogP contribution in [-0.2, 0) is 25.7 Å². The molecule has 0 saturated heterocycles. The van der Waals surface area contributed by atoms with E-state index < -0.39 is 12.1 Å². The van der Waals surface area contributed by atoms with Crippen LogP contribution in [0.2, 0.25) is 0 Å². The maximum Gasteiger partial charge on any atom is 0.323 e. The summed E-state index contributed by atoms with van der Waals surface area (Å²) in [5, 5.41) is 13.8. The minimum Gasteiger partial charge on any atom is -0.489 e. The molecule has 0 aliphatic heterocycles. The fraction of sp³-hybridized carbons (Fsp3) is 0.517. The Hall–Kier alpha value is -2.90. The van der Waals surface area contributed by atoms with Crippen molar-refractivity contribution >= 4 is 11.9 Å². The fourth-order valence-electron chi connectivity index (χ4n) is 3.84. The third-order valence-electron chi connectivity index (χ3n) is 5.82. The van der Waals surface area contributed by atoms with E-state index in [0.717, 1.165) is 42.6 Å². The quantitative estimate of drug-likeness (QED) is 0.217. The van der Waals surface area contributed by atoms with Gasteiger partial charge < -0.3 is 24.6 Å². The second-order valence-electron chi connectivity index (χ2n) is 8.66. The maximum absolute atomic E-state index is 12.3. The molecule has 7 heteroatoms. The van der Waals surface area contributed by atoms with Crippen LogP contribution in [-0.4, -0.2) is 42.8 Å². The van der Waals surface area contributed by atoms with Crippen LogP contribution >= 0.6 is 0 Å². The minimum absolute atomic E-state index is 0.156. The van der Waals surface area contributed by atoms with Crippen molar-refractivity contribution in [2.75, 3.05) is 19.8 Å². The summed E-state index contributed by atoms with van der Waals surface area (Å²) in [6.45, 7) is 5.32. The first-order valence-corrected chi connectivity index (χ1v) is 13.0. The first kappa shape index (κ1) is 29.3. The first-order valence-electron chi connectivity index (χ1n) is 13.0. The number of aliphatic hydroxyl groups is 1. The number of hydrogen-bond donors (Lipinski definition) is 2. The highest BCUT2D eigenvalue weighted by molar-refractivity contribution is 5.75. The lowest BCUT2D eigenvalue weighted by atomic mass is 10.0. The maximum atomic E-state index is 12.3. The molecule has 0 amide bonds. The Morgan fingerprint density at radius 1 is 0.861 bits per heavy atom. The molecule has 2 atom stereocenters. The van der Waals surface area contributed by atoms with E-state index in [9.17, 15) is 14.7 Å². The van der Waals surface area contributed by atoms with Gasteiger partial charge in [0.25, 0.3) is 0 Å². The molecule has 2 rings (SSSR count). The highest BCUT2D eigenvalue weighted by Crippen LogP contribution is 2.21. The van der Waals surface area contributed by atoms with Gasteiger partial charge >= 0.3 is 11.9 Å². The average molecular weight is 500 g/mol. The summed E-state index contributed by atoms with van der Waals surface area (Å²) in [5.41, 5.74) is 1.90. The van der Waals surface area contributed by atoms with E-state index in [4.69, 9.17) is 14.2 Å². The molecular weight excluding hydrogens is 458 g/mol. The van der Waals surface area contributed by atoms with Gasteiger partial charge in [0.15, 0.2) is 0 Å². The molecule has 2 N–H and O–H groups in total. The molecule has 0 aromatic heterocycles. The van der Waals surface area contributed by atoms with Gasteiger partial charge in [0.1, 0.15) is 18.4 Å². The predicted molar refractivity (Wildman–Crippen MR) is 140 cm³/mol. The summed E-state index contributed by atoms with van der Waals surface area (Å²) in [7, 11) is 0. The van der Waals surface area contributed by atoms with Gasteiger partial charge in [0, 0.05) is 6.42 Å². The zero-order chi connectivity index (χ0) is 26.0. The number of ether oxygens (including phenoxy) is 3. The van der Waals surface area contributed by atoms with Crippen LogP contribution < -0.4 is 10.1 Å². The number of carbonyl (C=O) groups excluding carboxylic acids is 2. The van der Waals surface area contributed by atoms with Crippen LogP contribution in [0, 0.1) is 0 Å². The number of benzene rings is 2. The Morgan fingerprint density at radius 2 is 1.56 bits per heavy atom. The van der Waals surface area contributed by atoms with E-state index in [1.54, 1.807) is 13.8 Å². The molecule has 0 aliphatic rings. The van der Waals surface area contributed by atoms with Gasteiger partial charge in [-0.3, -0.25) is 9.59 Å². The Kier molecular flexibility index (Phi) is 14.3. The summed E-state index contributed by atoms with van der Waals surface area (Å²) in [4.78, 5) is 23.7. The molecule has 0 saturated carbocycles. The monoisotopic (exact) mass is 499 g/mol. The van der Waals surface area contributed by atoms with Gasteiger partial charge in [-0.2, -0.15) is 0 Å². The Labute approximate surface area is 215 Å². The molecule has 0 bridgehead atoms. The number of hydrogen-bond acceptors (Lipinski definition) is 7. The topological polar surface area (TPSA) is 94.1 Å². The van der Waals surface area contributed by atoms with Gasteiger partial charge in [-0.05, 0) is 62.9 Å². The van der Waals surface area contributed by atoms with Gasteiger partial charge in [0.2, 0.25) is 0 Å². The number of nitrogens with one attached hydrogen (secondary N) is 1. The third-order valence-corrected chi connectivity index (χ3v) is 5.82. The third kappa shape index (κ3) is 11.7. The average Bonchev–Trinajstić information content (AvgIpc) is 2.89. The second kappa shape index (κ2) is 17.5. The van der Waals surface area contributed by atoms with Crippen molar-refractivity contribution in [3.8, 4) is 5.75 Å². The largest absolute Gasteiger partial charge is 0.489 e. The molecular formula is C29H41NO6. The summed E-state index contributed by atoms with van der Waals surface area (Å²) in [5.74, 6) is 0.326. The standard InChI is InChI=1S/C29H41NO6/c1-3-34-28(32)15-11-6-5-10-14-26(29(33)35-4-2)30-21-20-27(31)24-16-18-25(19-17-24)36-22-23-12-8-7-9-13-23/h7-9,12-13,16-19,26-27,30-31H,3-6,10-11,14-15,20-22H2,1-2H3. The molecule has 0 spiro atoms. The van der Waals surface area contributed by atoms with E-state index in [-0.39, 0.29) is 11.9 Å². The molecule has 0 radical (unpaired) electrons. The highest BCUT2D eigenvalue weighted by atomic mass is 16.5. The highest BCUT2D eigenvalue weighted by Gasteiger charge is 2.19. The van der Waals surface area contributed by atoms with Gasteiger partial charge in [-0.15, -0.1) is 0 Å². The van der Waals surface area contributed by atoms with E-state index in [0.29, 0.717) is 45.6 Å². The van der Waals surface area contributed by atoms with Crippen LogP contribution in [0.4, 0.5) is 0 Å². The van der Waals surface area contributed by atoms with E-state index in [2.05, 4.69) is 5.32 Å². The lowest BCUT2D eigenvalue weighted by Gasteiger charge is -2.19. The van der Waals surface area contributed by atoms with Crippen LogP contribution in [0.5, 0.6) is 5.75 Å². The smallest absolute Gasteiger partial charge is 0.323 e. The number of rotatable bonds is 18. The minimum atomic E-state index is -0.647. The second-order valence-corrected chi connectivity index (χ2v) is 8.66. The summed E-state index contributed by atoms with van der Waals surface area (Å²) < 4.78 is 16.0. The molecule has 0 aliphatic carbocycles. The van der Waals surface area contributed by atoms with Crippen LogP contribution in [0.25, 0.3) is 0 Å². The van der Waals surface area contributed by atoms with E-state index in [1.807, 2.05) is 54.6 Å². The SMILES string of the molecule is CCOC(=O)CCCCCCC(NCCC(O)c1ccc(OCc2ccccc2)cc1)C(=O)OCC. The lowest BCUT2D eigenvalue weighted by Crippen LogP contribution is -2.39. The summed E-state index contributed by atoms with van der Waals surface area (Å²) in [6, 6.07) is 17.0. The van der Waals surface area contributed by atoms with Gasteiger partial charge in [-0.25, -0.2) is 0 Å². The molecule has 0 heterocycles. The normalized spacial score (nSPS) is 12.5. The van der Waals surface area contributed by atoms with Crippen molar-refractivity contribution in [3.63, 3.8) is 0 Å². The van der Waals surface area contributed by atoms with Crippen molar-refractivity contribution in [2.45, 2.75) is 77.5 Å². The Bertz CT molecular complexity index is 871. The lowest BCUT2D eigenvalue weighted by molar-refractivity contribution is -0.146. The number of esters is 2.